The van der Waals surface area contributed by atoms with E-state index in [1.165, 1.54) is 11.1 Å². The summed E-state index contributed by atoms with van der Waals surface area (Å²) in [5, 5.41) is 0. The summed E-state index contributed by atoms with van der Waals surface area (Å²) >= 11 is 0. The highest BCUT2D eigenvalue weighted by molar-refractivity contribution is 5.99. The minimum atomic E-state index is -0.0294. The second-order valence-electron chi connectivity index (χ2n) is 9.71. The Kier molecular flexibility index (Phi) is 5.64. The van der Waals surface area contributed by atoms with Gasteiger partial charge in [0.25, 0.3) is 0 Å². The standard InChI is InChI=1S/C29H30N4O2/c34-28(30-18-17-22-9-7-8-10-23(22)19-30)33-26-15-16-27(33)21-31(20-26)29(35)32(24-11-3-1-4-12-24)25-13-5-2-6-14-25/h1-14,26-27H,15-21H2. The Labute approximate surface area is 206 Å². The zero-order valence-corrected chi connectivity index (χ0v) is 19.8. The normalized spacial score (nSPS) is 21.0. The van der Waals surface area contributed by atoms with E-state index in [1.54, 1.807) is 4.90 Å². The molecule has 3 heterocycles. The molecule has 35 heavy (non-hydrogen) atoms. The number of anilines is 2. The monoisotopic (exact) mass is 466 g/mol. The Hall–Kier alpha value is -3.80. The maximum absolute atomic E-state index is 13.9. The average Bonchev–Trinajstić information content (AvgIpc) is 3.18. The van der Waals surface area contributed by atoms with E-state index in [0.717, 1.165) is 37.2 Å². The van der Waals surface area contributed by atoms with Gasteiger partial charge in [-0.1, -0.05) is 60.7 Å². The van der Waals surface area contributed by atoms with Crippen LogP contribution in [0.2, 0.25) is 0 Å². The van der Waals surface area contributed by atoms with Crippen LogP contribution in [0.25, 0.3) is 0 Å². The second-order valence-corrected chi connectivity index (χ2v) is 9.71. The van der Waals surface area contributed by atoms with Crippen LogP contribution in [0.15, 0.2) is 84.9 Å². The molecule has 3 aliphatic rings. The van der Waals surface area contributed by atoms with Crippen molar-refractivity contribution in [2.75, 3.05) is 24.5 Å². The van der Waals surface area contributed by atoms with Gasteiger partial charge in [0.05, 0.1) is 23.5 Å². The van der Waals surface area contributed by atoms with Crippen molar-refractivity contribution in [3.63, 3.8) is 0 Å². The van der Waals surface area contributed by atoms with Crippen LogP contribution in [0.3, 0.4) is 0 Å². The largest absolute Gasteiger partial charge is 0.329 e. The molecule has 0 saturated carbocycles. The molecule has 3 aliphatic heterocycles. The maximum Gasteiger partial charge on any atom is 0.329 e. The number of nitrogens with zero attached hydrogens (tertiary/aromatic N) is 4. The molecule has 0 spiro atoms. The third-order valence-electron chi connectivity index (χ3n) is 7.59. The predicted octanol–water partition coefficient (Wildman–Crippen LogP) is 5.27. The minimum Gasteiger partial charge on any atom is -0.320 e. The van der Waals surface area contributed by atoms with E-state index < -0.39 is 0 Å². The fraction of sp³-hybridized carbons (Fsp3) is 0.310. The molecule has 3 aromatic rings. The number of piperazine rings is 1. The van der Waals surface area contributed by atoms with Crippen molar-refractivity contribution in [2.24, 2.45) is 0 Å². The number of para-hydroxylation sites is 2. The zero-order valence-electron chi connectivity index (χ0n) is 19.8. The fourth-order valence-corrected chi connectivity index (χ4v) is 5.86. The van der Waals surface area contributed by atoms with Gasteiger partial charge in [0.15, 0.2) is 0 Å². The van der Waals surface area contributed by atoms with Crippen LogP contribution >= 0.6 is 0 Å². The summed E-state index contributed by atoms with van der Waals surface area (Å²) < 4.78 is 0. The number of hydrogen-bond acceptors (Lipinski definition) is 2. The lowest BCUT2D eigenvalue weighted by molar-refractivity contribution is 0.0795. The smallest absolute Gasteiger partial charge is 0.320 e. The Bertz CT molecular complexity index is 1160. The number of hydrogen-bond donors (Lipinski definition) is 0. The van der Waals surface area contributed by atoms with Crippen molar-refractivity contribution in [2.45, 2.75) is 37.9 Å². The summed E-state index contributed by atoms with van der Waals surface area (Å²) in [5.41, 5.74) is 4.29. The van der Waals surface area contributed by atoms with Crippen LogP contribution in [0.4, 0.5) is 21.0 Å². The van der Waals surface area contributed by atoms with E-state index in [9.17, 15) is 9.59 Å². The van der Waals surface area contributed by atoms with E-state index in [2.05, 4.69) is 23.1 Å². The lowest BCUT2D eigenvalue weighted by Gasteiger charge is -2.44. The molecule has 0 aromatic heterocycles. The fourth-order valence-electron chi connectivity index (χ4n) is 5.86. The predicted molar refractivity (Wildman–Crippen MR) is 137 cm³/mol. The summed E-state index contributed by atoms with van der Waals surface area (Å²) in [7, 11) is 0. The van der Waals surface area contributed by atoms with Gasteiger partial charge in [0.2, 0.25) is 0 Å². The topological polar surface area (TPSA) is 47.1 Å². The second kappa shape index (κ2) is 9.10. The van der Waals surface area contributed by atoms with Crippen molar-refractivity contribution in [3.05, 3.63) is 96.1 Å². The van der Waals surface area contributed by atoms with Crippen molar-refractivity contribution in [3.8, 4) is 0 Å². The number of likely N-dealkylation sites (tertiary alicyclic amines) is 1. The average molecular weight is 467 g/mol. The summed E-state index contributed by atoms with van der Waals surface area (Å²) in [6.07, 6.45) is 2.79. The summed E-state index contributed by atoms with van der Waals surface area (Å²) in [6, 6.07) is 28.2. The van der Waals surface area contributed by atoms with Crippen molar-refractivity contribution in [1.29, 1.82) is 0 Å². The van der Waals surface area contributed by atoms with Gasteiger partial charge in [-0.05, 0) is 54.7 Å². The molecule has 2 unspecified atom stereocenters. The van der Waals surface area contributed by atoms with Gasteiger partial charge in [-0.25, -0.2) is 9.59 Å². The molecule has 2 bridgehead atoms. The lowest BCUT2D eigenvalue weighted by atomic mass is 10.00. The highest BCUT2D eigenvalue weighted by Gasteiger charge is 2.46. The molecule has 2 saturated heterocycles. The number of carbonyl (C=O) groups excluding carboxylic acids is 2. The Morgan fingerprint density at radius 2 is 1.23 bits per heavy atom. The first-order valence-corrected chi connectivity index (χ1v) is 12.5. The first-order valence-electron chi connectivity index (χ1n) is 12.5. The van der Waals surface area contributed by atoms with E-state index >= 15 is 0 Å². The Balaban J connectivity index is 1.20. The number of carbonyl (C=O) groups is 2. The quantitative estimate of drug-likeness (QED) is 0.516. The highest BCUT2D eigenvalue weighted by atomic mass is 16.2. The number of benzene rings is 3. The lowest BCUT2D eigenvalue weighted by Crippen LogP contribution is -2.61. The van der Waals surface area contributed by atoms with Gasteiger partial charge in [0, 0.05) is 26.2 Å². The molecule has 6 rings (SSSR count). The maximum atomic E-state index is 13.9. The first kappa shape index (κ1) is 21.7. The minimum absolute atomic E-state index is 0.0294. The van der Waals surface area contributed by atoms with Crippen LogP contribution in [0.5, 0.6) is 0 Å². The molecular weight excluding hydrogens is 436 g/mol. The molecule has 2 fully saturated rings. The van der Waals surface area contributed by atoms with Crippen molar-refractivity contribution >= 4 is 23.4 Å². The Morgan fingerprint density at radius 3 is 1.83 bits per heavy atom. The van der Waals surface area contributed by atoms with E-state index in [1.807, 2.05) is 76.5 Å². The van der Waals surface area contributed by atoms with Crippen LogP contribution in [0.1, 0.15) is 24.0 Å². The van der Waals surface area contributed by atoms with E-state index in [-0.39, 0.29) is 24.1 Å². The van der Waals surface area contributed by atoms with Crippen LogP contribution < -0.4 is 4.90 Å². The van der Waals surface area contributed by atoms with Crippen molar-refractivity contribution in [1.82, 2.24) is 14.7 Å². The third-order valence-corrected chi connectivity index (χ3v) is 7.59. The van der Waals surface area contributed by atoms with Crippen LogP contribution in [0, 0.1) is 0 Å². The van der Waals surface area contributed by atoms with Gasteiger partial charge >= 0.3 is 12.1 Å². The summed E-state index contributed by atoms with van der Waals surface area (Å²) in [6.45, 7) is 2.57. The number of fused-ring (bicyclic) bond motifs is 3. The Morgan fingerprint density at radius 1 is 0.686 bits per heavy atom. The molecule has 178 valence electrons. The van der Waals surface area contributed by atoms with Crippen LogP contribution in [-0.4, -0.2) is 58.5 Å². The molecule has 6 nitrogen and oxygen atoms in total. The van der Waals surface area contributed by atoms with Gasteiger partial charge in [-0.15, -0.1) is 0 Å². The zero-order chi connectivity index (χ0) is 23.8. The van der Waals surface area contributed by atoms with E-state index in [0.29, 0.717) is 19.6 Å². The molecule has 2 atom stereocenters. The SMILES string of the molecule is O=C(N1CC2CCC(C1)N2C(=O)N1CCc2ccccc2C1)N(c1ccccc1)c1ccccc1. The van der Waals surface area contributed by atoms with Gasteiger partial charge in [-0.2, -0.15) is 0 Å². The molecule has 0 aliphatic carbocycles. The molecule has 0 radical (unpaired) electrons. The van der Waals surface area contributed by atoms with Crippen molar-refractivity contribution < 1.29 is 9.59 Å². The van der Waals surface area contributed by atoms with E-state index in [4.69, 9.17) is 0 Å². The first-order chi connectivity index (χ1) is 17.2. The number of urea groups is 2. The highest BCUT2D eigenvalue weighted by Crippen LogP contribution is 2.34. The van der Waals surface area contributed by atoms with Gasteiger partial charge < -0.3 is 14.7 Å². The number of rotatable bonds is 2. The van der Waals surface area contributed by atoms with Gasteiger partial charge in [-0.3, -0.25) is 4.90 Å². The summed E-state index contributed by atoms with van der Waals surface area (Å²) in [5.74, 6) is 0. The van der Waals surface area contributed by atoms with Crippen LogP contribution in [-0.2, 0) is 13.0 Å². The molecule has 4 amide bonds. The molecule has 6 heteroatoms. The van der Waals surface area contributed by atoms with Gasteiger partial charge in [0.1, 0.15) is 0 Å². The molecule has 3 aromatic carbocycles. The number of amides is 4. The summed E-state index contributed by atoms with van der Waals surface area (Å²) in [4.78, 5) is 35.3. The molecular formula is C29H30N4O2. The molecule has 0 N–H and O–H groups in total. The third kappa shape index (κ3) is 4.03.